The van der Waals surface area contributed by atoms with Gasteiger partial charge in [0, 0.05) is 15.8 Å². The first kappa shape index (κ1) is 17.5. The van der Waals surface area contributed by atoms with E-state index in [0.717, 1.165) is 15.7 Å². The molecule has 15 heavy (non-hydrogen) atoms. The molecule has 1 aromatic rings. The summed E-state index contributed by atoms with van der Waals surface area (Å²) >= 11 is 2.24. The molecule has 3 nitrogen and oxygen atoms in total. The van der Waals surface area contributed by atoms with Gasteiger partial charge in [-0.15, -0.1) is 12.4 Å². The molecule has 1 atom stereocenters. The van der Waals surface area contributed by atoms with Crippen LogP contribution < -0.4 is 11.9 Å². The van der Waals surface area contributed by atoms with Crippen molar-refractivity contribution in [3.05, 3.63) is 27.6 Å². The summed E-state index contributed by atoms with van der Waals surface area (Å²) in [6.45, 7) is 4.35. The Labute approximate surface area is 111 Å². The number of halogens is 2. The van der Waals surface area contributed by atoms with E-state index in [1.54, 1.807) is 0 Å². The van der Waals surface area contributed by atoms with Gasteiger partial charge in [0.15, 0.2) is 0 Å². The van der Waals surface area contributed by atoms with Gasteiger partial charge in [0.2, 0.25) is 0 Å². The Balaban J connectivity index is 0. The number of hydrogen-bond donors (Lipinski definition) is 2. The fraction of sp³-hybridized carbons (Fsp3) is 0.500. The van der Waals surface area contributed by atoms with Crippen LogP contribution in [-0.2, 0) is 0 Å². The summed E-state index contributed by atoms with van der Waals surface area (Å²) < 4.78 is 1.15. The van der Waals surface area contributed by atoms with Crippen LogP contribution in [0.4, 0.5) is 0 Å². The van der Waals surface area contributed by atoms with E-state index in [9.17, 15) is 0 Å². The SMILES string of the molecule is CC(C)CC(N)c1ccc(I)cn1.Cl.N. The first-order valence-corrected chi connectivity index (χ1v) is 5.54. The summed E-state index contributed by atoms with van der Waals surface area (Å²) in [5, 5.41) is 0. The van der Waals surface area contributed by atoms with Crippen molar-refractivity contribution in [1.82, 2.24) is 11.1 Å². The smallest absolute Gasteiger partial charge is 0.0571 e. The third-order valence-electron chi connectivity index (χ3n) is 1.86. The van der Waals surface area contributed by atoms with Gasteiger partial charge in [0.25, 0.3) is 0 Å². The summed E-state index contributed by atoms with van der Waals surface area (Å²) in [4.78, 5) is 4.30. The molecular formula is C10H19ClIN3. The van der Waals surface area contributed by atoms with Crippen LogP contribution in [0.15, 0.2) is 18.3 Å². The Morgan fingerprint density at radius 3 is 2.40 bits per heavy atom. The summed E-state index contributed by atoms with van der Waals surface area (Å²) in [7, 11) is 0. The topological polar surface area (TPSA) is 73.9 Å². The molecule has 88 valence electrons. The lowest BCUT2D eigenvalue weighted by Gasteiger charge is -2.12. The van der Waals surface area contributed by atoms with Gasteiger partial charge in [-0.1, -0.05) is 13.8 Å². The minimum absolute atomic E-state index is 0. The van der Waals surface area contributed by atoms with Gasteiger partial charge < -0.3 is 11.9 Å². The van der Waals surface area contributed by atoms with Crippen molar-refractivity contribution in [3.8, 4) is 0 Å². The molecule has 5 heteroatoms. The molecule has 0 bridgehead atoms. The molecule has 1 heterocycles. The maximum absolute atomic E-state index is 5.98. The van der Waals surface area contributed by atoms with Crippen molar-refractivity contribution in [3.63, 3.8) is 0 Å². The average Bonchev–Trinajstić information content (AvgIpc) is 2.04. The van der Waals surface area contributed by atoms with Gasteiger partial charge in [0.05, 0.1) is 5.69 Å². The highest BCUT2D eigenvalue weighted by atomic mass is 127. The van der Waals surface area contributed by atoms with Crippen LogP contribution in [0, 0.1) is 9.49 Å². The van der Waals surface area contributed by atoms with Crippen molar-refractivity contribution in [2.75, 3.05) is 0 Å². The molecule has 0 aliphatic rings. The number of hydrogen-bond acceptors (Lipinski definition) is 3. The zero-order valence-corrected chi connectivity index (χ0v) is 12.1. The zero-order chi connectivity index (χ0) is 9.84. The molecule has 1 aromatic heterocycles. The fourth-order valence-electron chi connectivity index (χ4n) is 1.24. The Morgan fingerprint density at radius 1 is 1.40 bits per heavy atom. The van der Waals surface area contributed by atoms with Crippen LogP contribution in [0.2, 0.25) is 0 Å². The van der Waals surface area contributed by atoms with Crippen LogP contribution in [0.5, 0.6) is 0 Å². The van der Waals surface area contributed by atoms with E-state index >= 15 is 0 Å². The molecule has 1 rings (SSSR count). The van der Waals surface area contributed by atoms with E-state index in [-0.39, 0.29) is 24.6 Å². The van der Waals surface area contributed by atoms with Crippen LogP contribution in [0.3, 0.4) is 0 Å². The van der Waals surface area contributed by atoms with Crippen molar-refractivity contribution in [1.29, 1.82) is 0 Å². The monoisotopic (exact) mass is 343 g/mol. The summed E-state index contributed by atoms with van der Waals surface area (Å²) in [6.07, 6.45) is 2.85. The van der Waals surface area contributed by atoms with Gasteiger partial charge in [0.1, 0.15) is 0 Å². The van der Waals surface area contributed by atoms with Crippen molar-refractivity contribution in [2.24, 2.45) is 11.7 Å². The lowest BCUT2D eigenvalue weighted by Crippen LogP contribution is -2.14. The summed E-state index contributed by atoms with van der Waals surface area (Å²) in [6, 6.07) is 4.13. The minimum atomic E-state index is 0. The molecule has 0 aromatic carbocycles. The fourth-order valence-corrected chi connectivity index (χ4v) is 1.55. The molecule has 0 saturated carbocycles. The second-order valence-electron chi connectivity index (χ2n) is 3.64. The Morgan fingerprint density at radius 2 is 2.00 bits per heavy atom. The number of nitrogens with two attached hydrogens (primary N) is 1. The lowest BCUT2D eigenvalue weighted by atomic mass is 10.0. The van der Waals surface area contributed by atoms with Crippen LogP contribution in [-0.4, -0.2) is 4.98 Å². The molecule has 0 aliphatic carbocycles. The third kappa shape index (κ3) is 6.29. The van der Waals surface area contributed by atoms with E-state index in [0.29, 0.717) is 5.92 Å². The van der Waals surface area contributed by atoms with Gasteiger partial charge in [-0.2, -0.15) is 0 Å². The highest BCUT2D eigenvalue weighted by Gasteiger charge is 2.08. The lowest BCUT2D eigenvalue weighted by molar-refractivity contribution is 0.502. The van der Waals surface area contributed by atoms with E-state index in [1.165, 1.54) is 0 Å². The van der Waals surface area contributed by atoms with Gasteiger partial charge in [-0.05, 0) is 47.1 Å². The first-order valence-electron chi connectivity index (χ1n) is 4.46. The maximum atomic E-state index is 5.98. The van der Waals surface area contributed by atoms with Crippen LogP contribution in [0.1, 0.15) is 32.0 Å². The second kappa shape index (κ2) is 8.27. The number of nitrogens with zero attached hydrogens (tertiary/aromatic N) is 1. The van der Waals surface area contributed by atoms with Crippen LogP contribution in [0.25, 0.3) is 0 Å². The average molecular weight is 344 g/mol. The standard InChI is InChI=1S/C10H15IN2.ClH.H3N/c1-7(2)5-9(12)10-4-3-8(11)6-13-10;;/h3-4,6-7,9H,5,12H2,1-2H3;1H;1H3. The van der Waals surface area contributed by atoms with Gasteiger partial charge in [-0.3, -0.25) is 4.98 Å². The van der Waals surface area contributed by atoms with Crippen molar-refractivity contribution in [2.45, 2.75) is 26.3 Å². The number of aromatic nitrogens is 1. The van der Waals surface area contributed by atoms with E-state index < -0.39 is 0 Å². The predicted molar refractivity (Wildman–Crippen MR) is 75.6 cm³/mol. The Bertz CT molecular complexity index is 264. The highest BCUT2D eigenvalue weighted by molar-refractivity contribution is 14.1. The molecule has 0 aliphatic heterocycles. The van der Waals surface area contributed by atoms with Crippen molar-refractivity contribution < 1.29 is 0 Å². The predicted octanol–water partition coefficient (Wildman–Crippen LogP) is 3.32. The number of rotatable bonds is 3. The molecule has 1 unspecified atom stereocenters. The minimum Gasteiger partial charge on any atom is -0.344 e. The van der Waals surface area contributed by atoms with Gasteiger partial charge >= 0.3 is 0 Å². The molecule has 5 N–H and O–H groups in total. The van der Waals surface area contributed by atoms with E-state index in [2.05, 4.69) is 41.4 Å². The zero-order valence-electron chi connectivity index (χ0n) is 9.11. The van der Waals surface area contributed by atoms with Crippen molar-refractivity contribution >= 4 is 35.0 Å². The quantitative estimate of drug-likeness (QED) is 0.827. The summed E-state index contributed by atoms with van der Waals surface area (Å²) in [5.74, 6) is 0.621. The second-order valence-corrected chi connectivity index (χ2v) is 4.88. The third-order valence-corrected chi connectivity index (χ3v) is 2.49. The molecule has 0 amide bonds. The summed E-state index contributed by atoms with van der Waals surface area (Å²) in [5.41, 5.74) is 6.98. The van der Waals surface area contributed by atoms with E-state index in [4.69, 9.17) is 5.73 Å². The highest BCUT2D eigenvalue weighted by Crippen LogP contribution is 2.17. The first-order chi connectivity index (χ1) is 6.09. The van der Waals surface area contributed by atoms with E-state index in [1.807, 2.05) is 18.3 Å². The largest absolute Gasteiger partial charge is 0.344 e. The van der Waals surface area contributed by atoms with Gasteiger partial charge in [-0.25, -0.2) is 0 Å². The van der Waals surface area contributed by atoms with Crippen LogP contribution >= 0.6 is 35.0 Å². The Hall–Kier alpha value is 0.0900. The normalized spacial score (nSPS) is 11.5. The Kier molecular flexibility index (Phi) is 9.63. The maximum Gasteiger partial charge on any atom is 0.0571 e. The molecule has 0 fully saturated rings. The molecule has 0 spiro atoms. The molecule has 0 saturated heterocycles. The molecule has 0 radical (unpaired) electrons. The molecular weight excluding hydrogens is 324 g/mol. The number of pyridine rings is 1.